The van der Waals surface area contributed by atoms with Crippen LogP contribution in [0.2, 0.25) is 0 Å². The van der Waals surface area contributed by atoms with E-state index >= 15 is 0 Å². The number of hydrogen-bond donors (Lipinski definition) is 1. The van der Waals surface area contributed by atoms with Crippen molar-refractivity contribution in [1.29, 1.82) is 0 Å². The summed E-state index contributed by atoms with van der Waals surface area (Å²) < 4.78 is 5.74. The predicted octanol–water partition coefficient (Wildman–Crippen LogP) is 2.12. The van der Waals surface area contributed by atoms with Gasteiger partial charge in [-0.3, -0.25) is 9.69 Å². The summed E-state index contributed by atoms with van der Waals surface area (Å²) in [7, 11) is 0. The van der Waals surface area contributed by atoms with E-state index in [1.54, 1.807) is 0 Å². The number of benzene rings is 1. The molecule has 1 aliphatic rings. The highest BCUT2D eigenvalue weighted by Crippen LogP contribution is 2.10. The predicted molar refractivity (Wildman–Crippen MR) is 97.1 cm³/mol. The zero-order valence-corrected chi connectivity index (χ0v) is 14.7. The molecule has 0 unspecified atom stereocenters. The Morgan fingerprint density at radius 1 is 1.00 bits per heavy atom. The number of nitrogens with zero attached hydrogens (tertiary/aromatic N) is 2. The van der Waals surface area contributed by atoms with E-state index in [9.17, 15) is 4.79 Å². The van der Waals surface area contributed by atoms with E-state index in [4.69, 9.17) is 10.5 Å². The van der Waals surface area contributed by atoms with E-state index in [0.717, 1.165) is 70.7 Å². The maximum absolute atomic E-state index is 12.2. The van der Waals surface area contributed by atoms with Crippen LogP contribution in [-0.2, 0) is 4.79 Å². The van der Waals surface area contributed by atoms with Crippen molar-refractivity contribution in [3.8, 4) is 5.75 Å². The van der Waals surface area contributed by atoms with Crippen molar-refractivity contribution in [1.82, 2.24) is 9.80 Å². The highest BCUT2D eigenvalue weighted by molar-refractivity contribution is 5.76. The largest absolute Gasteiger partial charge is 0.492 e. The molecule has 0 bridgehead atoms. The van der Waals surface area contributed by atoms with Crippen LogP contribution in [0.4, 0.5) is 0 Å². The molecule has 1 aromatic carbocycles. The molecule has 1 saturated heterocycles. The highest BCUT2D eigenvalue weighted by Gasteiger charge is 2.20. The zero-order chi connectivity index (χ0) is 17.0. The number of para-hydroxylation sites is 1. The minimum absolute atomic E-state index is 0.308. The number of hydrogen-bond acceptors (Lipinski definition) is 4. The third kappa shape index (κ3) is 6.89. The standard InChI is InChI=1S/C19H31N3O2/c20-11-7-2-1-6-10-19(23)22-14-12-21(13-15-22)16-17-24-18-8-4-3-5-9-18/h3-5,8-9H,1-2,6-7,10-17,20H2. The average Bonchev–Trinajstić information content (AvgIpc) is 2.63. The lowest BCUT2D eigenvalue weighted by atomic mass is 10.1. The minimum atomic E-state index is 0.308. The molecule has 2 rings (SSSR count). The number of nitrogens with two attached hydrogens (primary N) is 1. The Hall–Kier alpha value is -1.59. The molecule has 5 heteroatoms. The fourth-order valence-electron chi connectivity index (χ4n) is 2.96. The van der Waals surface area contributed by atoms with Gasteiger partial charge in [-0.15, -0.1) is 0 Å². The Morgan fingerprint density at radius 2 is 1.71 bits per heavy atom. The summed E-state index contributed by atoms with van der Waals surface area (Å²) in [6.07, 6.45) is 4.99. The molecular formula is C19H31N3O2. The summed E-state index contributed by atoms with van der Waals surface area (Å²) in [6, 6.07) is 9.90. The lowest BCUT2D eigenvalue weighted by Gasteiger charge is -2.34. The number of carbonyl (C=O) groups is 1. The first-order valence-electron chi connectivity index (χ1n) is 9.17. The summed E-state index contributed by atoms with van der Waals surface area (Å²) >= 11 is 0. The van der Waals surface area contributed by atoms with Gasteiger partial charge in [0.2, 0.25) is 5.91 Å². The number of piperazine rings is 1. The monoisotopic (exact) mass is 333 g/mol. The Morgan fingerprint density at radius 3 is 2.42 bits per heavy atom. The van der Waals surface area contributed by atoms with Gasteiger partial charge in [-0.1, -0.05) is 31.0 Å². The summed E-state index contributed by atoms with van der Waals surface area (Å²) in [5.41, 5.74) is 5.48. The lowest BCUT2D eigenvalue weighted by molar-refractivity contribution is -0.133. The minimum Gasteiger partial charge on any atom is -0.492 e. The van der Waals surface area contributed by atoms with Crippen molar-refractivity contribution < 1.29 is 9.53 Å². The molecule has 1 heterocycles. The van der Waals surface area contributed by atoms with Crippen LogP contribution >= 0.6 is 0 Å². The second-order valence-electron chi connectivity index (χ2n) is 6.34. The van der Waals surface area contributed by atoms with Crippen molar-refractivity contribution in [3.63, 3.8) is 0 Å². The fraction of sp³-hybridized carbons (Fsp3) is 0.632. The summed E-state index contributed by atoms with van der Waals surface area (Å²) in [4.78, 5) is 16.6. The van der Waals surface area contributed by atoms with Gasteiger partial charge in [0.05, 0.1) is 0 Å². The Kier molecular flexibility index (Phi) is 8.63. The molecule has 1 aliphatic heterocycles. The number of carbonyl (C=O) groups excluding carboxylic acids is 1. The molecule has 0 atom stereocenters. The normalized spacial score (nSPS) is 15.5. The van der Waals surface area contributed by atoms with Gasteiger partial charge in [-0.05, 0) is 31.5 Å². The van der Waals surface area contributed by atoms with Gasteiger partial charge in [-0.25, -0.2) is 0 Å². The maximum Gasteiger partial charge on any atom is 0.222 e. The van der Waals surface area contributed by atoms with Crippen LogP contribution in [0.15, 0.2) is 30.3 Å². The van der Waals surface area contributed by atoms with Crippen LogP contribution in [0, 0.1) is 0 Å². The van der Waals surface area contributed by atoms with Crippen molar-refractivity contribution in [2.45, 2.75) is 32.1 Å². The molecule has 0 aliphatic carbocycles. The number of unbranched alkanes of at least 4 members (excludes halogenated alkanes) is 3. The van der Waals surface area contributed by atoms with E-state index in [1.807, 2.05) is 35.2 Å². The topological polar surface area (TPSA) is 58.8 Å². The summed E-state index contributed by atoms with van der Waals surface area (Å²) in [5.74, 6) is 1.23. The summed E-state index contributed by atoms with van der Waals surface area (Å²) in [6.45, 7) is 5.92. The van der Waals surface area contributed by atoms with Crippen LogP contribution in [0.1, 0.15) is 32.1 Å². The third-order valence-corrected chi connectivity index (χ3v) is 4.49. The van der Waals surface area contributed by atoms with Gasteiger partial charge >= 0.3 is 0 Å². The van der Waals surface area contributed by atoms with Crippen LogP contribution < -0.4 is 10.5 Å². The third-order valence-electron chi connectivity index (χ3n) is 4.49. The van der Waals surface area contributed by atoms with E-state index in [1.165, 1.54) is 0 Å². The van der Waals surface area contributed by atoms with Gasteiger partial charge in [0.1, 0.15) is 12.4 Å². The molecule has 24 heavy (non-hydrogen) atoms. The van der Waals surface area contributed by atoms with Gasteiger partial charge in [0, 0.05) is 39.1 Å². The molecule has 5 nitrogen and oxygen atoms in total. The van der Waals surface area contributed by atoms with Gasteiger partial charge in [-0.2, -0.15) is 0 Å². The van der Waals surface area contributed by atoms with Crippen molar-refractivity contribution in [2.75, 3.05) is 45.9 Å². The van der Waals surface area contributed by atoms with E-state index in [0.29, 0.717) is 18.9 Å². The van der Waals surface area contributed by atoms with E-state index in [-0.39, 0.29) is 0 Å². The van der Waals surface area contributed by atoms with E-state index in [2.05, 4.69) is 4.90 Å². The molecular weight excluding hydrogens is 302 g/mol. The molecule has 1 amide bonds. The second kappa shape index (κ2) is 11.0. The Balaban J connectivity index is 1.55. The quantitative estimate of drug-likeness (QED) is 0.666. The first kappa shape index (κ1) is 18.7. The average molecular weight is 333 g/mol. The fourth-order valence-corrected chi connectivity index (χ4v) is 2.96. The first-order valence-corrected chi connectivity index (χ1v) is 9.17. The van der Waals surface area contributed by atoms with Crippen LogP contribution in [-0.4, -0.2) is 61.6 Å². The molecule has 0 saturated carbocycles. The first-order chi connectivity index (χ1) is 11.8. The maximum atomic E-state index is 12.2. The second-order valence-corrected chi connectivity index (χ2v) is 6.34. The molecule has 134 valence electrons. The number of amides is 1. The summed E-state index contributed by atoms with van der Waals surface area (Å²) in [5, 5.41) is 0. The molecule has 1 aromatic rings. The Labute approximate surface area is 145 Å². The molecule has 1 fully saturated rings. The Bertz CT molecular complexity index is 459. The highest BCUT2D eigenvalue weighted by atomic mass is 16.5. The number of rotatable bonds is 10. The zero-order valence-electron chi connectivity index (χ0n) is 14.7. The van der Waals surface area contributed by atoms with Gasteiger partial charge in [0.25, 0.3) is 0 Å². The van der Waals surface area contributed by atoms with Gasteiger partial charge in [0.15, 0.2) is 0 Å². The van der Waals surface area contributed by atoms with Crippen LogP contribution in [0.3, 0.4) is 0 Å². The van der Waals surface area contributed by atoms with E-state index < -0.39 is 0 Å². The van der Waals surface area contributed by atoms with Crippen molar-refractivity contribution in [2.24, 2.45) is 5.73 Å². The smallest absolute Gasteiger partial charge is 0.222 e. The van der Waals surface area contributed by atoms with Crippen LogP contribution in [0.5, 0.6) is 5.75 Å². The molecule has 0 radical (unpaired) electrons. The van der Waals surface area contributed by atoms with Crippen molar-refractivity contribution >= 4 is 5.91 Å². The number of ether oxygens (including phenoxy) is 1. The molecule has 2 N–H and O–H groups in total. The molecule has 0 spiro atoms. The SMILES string of the molecule is NCCCCCCC(=O)N1CCN(CCOc2ccccc2)CC1. The van der Waals surface area contributed by atoms with Crippen LogP contribution in [0.25, 0.3) is 0 Å². The van der Waals surface area contributed by atoms with Gasteiger partial charge < -0.3 is 15.4 Å². The lowest BCUT2D eigenvalue weighted by Crippen LogP contribution is -2.49. The van der Waals surface area contributed by atoms with Crippen molar-refractivity contribution in [3.05, 3.63) is 30.3 Å². The molecule has 0 aromatic heterocycles.